The Morgan fingerprint density at radius 2 is 1.92 bits per heavy atom. The van der Waals surface area contributed by atoms with Crippen molar-refractivity contribution < 1.29 is 4.79 Å². The van der Waals surface area contributed by atoms with Gasteiger partial charge in [0.05, 0.1) is 5.69 Å². The van der Waals surface area contributed by atoms with Crippen molar-refractivity contribution in [1.82, 2.24) is 14.9 Å². The third-order valence-corrected chi connectivity index (χ3v) is 5.78. The van der Waals surface area contributed by atoms with Gasteiger partial charge in [-0.3, -0.25) is 4.79 Å². The van der Waals surface area contributed by atoms with Gasteiger partial charge in [0.2, 0.25) is 5.91 Å². The molecule has 4 nitrogen and oxygen atoms in total. The molecule has 2 heterocycles. The number of fused-ring (bicyclic) bond motifs is 2. The molecule has 1 fully saturated rings. The average Bonchev–Trinajstić information content (AvgIpc) is 2.98. The number of rotatable bonds is 1. The summed E-state index contributed by atoms with van der Waals surface area (Å²) in [5.74, 6) is 1.05. The van der Waals surface area contributed by atoms with Crippen LogP contribution in [0.15, 0.2) is 36.5 Å². The summed E-state index contributed by atoms with van der Waals surface area (Å²) in [5.41, 5.74) is 3.16. The molecule has 1 aromatic carbocycles. The fraction of sp³-hybridized carbons (Fsp3) is 0.500. The molecule has 26 heavy (non-hydrogen) atoms. The van der Waals surface area contributed by atoms with Crippen molar-refractivity contribution in [2.45, 2.75) is 51.9 Å². The fourth-order valence-corrected chi connectivity index (χ4v) is 4.44. The topological polar surface area (TPSA) is 46.1 Å². The number of nitrogens with zero attached hydrogens (tertiary/aromatic N) is 3. The van der Waals surface area contributed by atoms with Crippen LogP contribution in [0.4, 0.5) is 0 Å². The normalized spacial score (nSPS) is 22.5. The lowest BCUT2D eigenvalue weighted by Crippen LogP contribution is -2.51. The van der Waals surface area contributed by atoms with Crippen molar-refractivity contribution in [3.63, 3.8) is 0 Å². The Bertz CT molecular complexity index is 821. The summed E-state index contributed by atoms with van der Waals surface area (Å²) in [6.07, 6.45) is 6.25. The Kier molecular flexibility index (Phi) is 4.09. The van der Waals surface area contributed by atoms with Crippen LogP contribution in [-0.2, 0) is 16.6 Å². The van der Waals surface area contributed by atoms with Gasteiger partial charge in [-0.05, 0) is 31.2 Å². The summed E-state index contributed by atoms with van der Waals surface area (Å²) in [6, 6.07) is 10.2. The molecule has 4 heteroatoms. The molecule has 1 aliphatic heterocycles. The van der Waals surface area contributed by atoms with Gasteiger partial charge in [0, 0.05) is 35.7 Å². The molecule has 0 N–H and O–H groups in total. The molecule has 1 unspecified atom stereocenters. The number of aromatic nitrogens is 2. The van der Waals surface area contributed by atoms with Crippen LogP contribution in [-0.4, -0.2) is 33.9 Å². The van der Waals surface area contributed by atoms with E-state index in [9.17, 15) is 4.79 Å². The lowest BCUT2D eigenvalue weighted by atomic mass is 9.76. The first kappa shape index (κ1) is 17.2. The molecule has 1 amide bonds. The Hall–Kier alpha value is -2.23. The minimum absolute atomic E-state index is 0.000956. The van der Waals surface area contributed by atoms with Gasteiger partial charge in [0.15, 0.2) is 5.82 Å². The molecular formula is C22H27N3O. The summed E-state index contributed by atoms with van der Waals surface area (Å²) < 4.78 is 0. The van der Waals surface area contributed by atoms with Crippen molar-refractivity contribution in [3.8, 4) is 11.4 Å². The summed E-state index contributed by atoms with van der Waals surface area (Å²) in [4.78, 5) is 24.5. The third kappa shape index (κ3) is 2.91. The van der Waals surface area contributed by atoms with Crippen LogP contribution in [0.1, 0.15) is 51.3 Å². The Morgan fingerprint density at radius 1 is 1.15 bits per heavy atom. The van der Waals surface area contributed by atoms with Crippen LogP contribution in [0.2, 0.25) is 0 Å². The molecule has 1 saturated heterocycles. The second-order valence-electron chi connectivity index (χ2n) is 8.79. The van der Waals surface area contributed by atoms with Crippen molar-refractivity contribution in [1.29, 1.82) is 0 Å². The van der Waals surface area contributed by atoms with Gasteiger partial charge in [0.25, 0.3) is 0 Å². The minimum atomic E-state index is -0.333. The van der Waals surface area contributed by atoms with Crippen LogP contribution >= 0.6 is 0 Å². The van der Waals surface area contributed by atoms with Crippen LogP contribution in [0, 0.1) is 5.41 Å². The van der Waals surface area contributed by atoms with Crippen molar-refractivity contribution >= 4 is 5.91 Å². The van der Waals surface area contributed by atoms with E-state index in [0.29, 0.717) is 0 Å². The fourth-order valence-electron chi connectivity index (χ4n) is 4.44. The van der Waals surface area contributed by atoms with Crippen LogP contribution < -0.4 is 0 Å². The standard InChI is InChI=1S/C22H27N3O/c1-21(2,3)20(26)25-13-7-11-22(15-25)12-10-17-14-23-19(24-18(17)22)16-8-5-4-6-9-16/h4-6,8-9,14H,7,10-13,15H2,1-3H3. The zero-order chi connectivity index (χ0) is 18.4. The van der Waals surface area contributed by atoms with Gasteiger partial charge in [-0.15, -0.1) is 0 Å². The number of carbonyl (C=O) groups excluding carboxylic acids is 1. The summed E-state index contributed by atoms with van der Waals surface area (Å²) in [7, 11) is 0. The first-order valence-electron chi connectivity index (χ1n) is 9.60. The predicted octanol–water partition coefficient (Wildman–Crippen LogP) is 4.00. The zero-order valence-electron chi connectivity index (χ0n) is 16.0. The van der Waals surface area contributed by atoms with E-state index in [1.165, 1.54) is 11.3 Å². The quantitative estimate of drug-likeness (QED) is 0.782. The number of carbonyl (C=O) groups is 1. The van der Waals surface area contributed by atoms with Crippen LogP contribution in [0.3, 0.4) is 0 Å². The highest BCUT2D eigenvalue weighted by atomic mass is 16.2. The van der Waals surface area contributed by atoms with Gasteiger partial charge in [-0.2, -0.15) is 0 Å². The first-order valence-corrected chi connectivity index (χ1v) is 9.60. The zero-order valence-corrected chi connectivity index (χ0v) is 16.0. The minimum Gasteiger partial charge on any atom is -0.341 e. The molecule has 2 aliphatic rings. The largest absolute Gasteiger partial charge is 0.341 e. The van der Waals surface area contributed by atoms with E-state index in [1.807, 2.05) is 45.2 Å². The lowest BCUT2D eigenvalue weighted by molar-refractivity contribution is -0.141. The highest BCUT2D eigenvalue weighted by Gasteiger charge is 2.45. The second-order valence-corrected chi connectivity index (χ2v) is 8.79. The monoisotopic (exact) mass is 349 g/mol. The molecule has 1 atom stereocenters. The number of amides is 1. The number of aryl methyl sites for hydroxylation is 1. The highest BCUT2D eigenvalue weighted by molar-refractivity contribution is 5.81. The van der Waals surface area contributed by atoms with Gasteiger partial charge in [0.1, 0.15) is 0 Å². The Balaban J connectivity index is 1.69. The van der Waals surface area contributed by atoms with Gasteiger partial charge in [-0.1, -0.05) is 51.1 Å². The lowest BCUT2D eigenvalue weighted by Gasteiger charge is -2.42. The van der Waals surface area contributed by atoms with E-state index >= 15 is 0 Å². The van der Waals surface area contributed by atoms with E-state index in [4.69, 9.17) is 4.98 Å². The predicted molar refractivity (Wildman–Crippen MR) is 103 cm³/mol. The molecule has 0 radical (unpaired) electrons. The third-order valence-electron chi connectivity index (χ3n) is 5.78. The van der Waals surface area contributed by atoms with Gasteiger partial charge in [-0.25, -0.2) is 9.97 Å². The number of piperidine rings is 1. The SMILES string of the molecule is CC(C)(C)C(=O)N1CCCC2(CCc3cnc(-c4ccccc4)nc32)C1. The van der Waals surface area contributed by atoms with Gasteiger partial charge < -0.3 is 4.90 Å². The number of hydrogen-bond donors (Lipinski definition) is 0. The van der Waals surface area contributed by atoms with Crippen molar-refractivity contribution in [3.05, 3.63) is 47.8 Å². The van der Waals surface area contributed by atoms with E-state index < -0.39 is 0 Å². The average molecular weight is 349 g/mol. The molecule has 4 rings (SSSR count). The van der Waals surface area contributed by atoms with E-state index in [-0.39, 0.29) is 16.7 Å². The van der Waals surface area contributed by atoms with Crippen molar-refractivity contribution in [2.24, 2.45) is 5.41 Å². The number of benzene rings is 1. The maximum absolute atomic E-state index is 12.9. The van der Waals surface area contributed by atoms with Crippen molar-refractivity contribution in [2.75, 3.05) is 13.1 Å². The molecule has 1 spiro atoms. The highest BCUT2D eigenvalue weighted by Crippen LogP contribution is 2.44. The van der Waals surface area contributed by atoms with Gasteiger partial charge >= 0.3 is 0 Å². The van der Waals surface area contributed by atoms with Crippen LogP contribution in [0.25, 0.3) is 11.4 Å². The summed E-state index contributed by atoms with van der Waals surface area (Å²) in [5, 5.41) is 0. The smallest absolute Gasteiger partial charge is 0.227 e. The number of likely N-dealkylation sites (tertiary alicyclic amines) is 1. The van der Waals surface area contributed by atoms with E-state index in [0.717, 1.165) is 50.2 Å². The Labute approximate surface area is 155 Å². The molecule has 0 bridgehead atoms. The maximum Gasteiger partial charge on any atom is 0.227 e. The molecule has 136 valence electrons. The first-order chi connectivity index (χ1) is 12.4. The molecule has 1 aromatic heterocycles. The maximum atomic E-state index is 12.9. The summed E-state index contributed by atoms with van der Waals surface area (Å²) in [6.45, 7) is 7.68. The van der Waals surface area contributed by atoms with E-state index in [2.05, 4.69) is 22.0 Å². The van der Waals surface area contributed by atoms with Crippen LogP contribution in [0.5, 0.6) is 0 Å². The second kappa shape index (κ2) is 6.19. The van der Waals surface area contributed by atoms with E-state index in [1.54, 1.807) is 0 Å². The Morgan fingerprint density at radius 3 is 2.65 bits per heavy atom. The molecule has 0 saturated carbocycles. The molecule has 1 aliphatic carbocycles. The number of hydrogen-bond acceptors (Lipinski definition) is 3. The molecular weight excluding hydrogens is 322 g/mol. The molecule has 2 aromatic rings. The summed E-state index contributed by atoms with van der Waals surface area (Å²) >= 11 is 0.